The molecule has 6 heteroatoms. The average Bonchev–Trinajstić information content (AvgIpc) is 2.47. The number of pyridine rings is 1. The number of benzene rings is 1. The number of hydrogen-bond donors (Lipinski definition) is 1. The van der Waals surface area contributed by atoms with E-state index in [9.17, 15) is 9.18 Å². The quantitative estimate of drug-likeness (QED) is 0.940. The van der Waals surface area contributed by atoms with E-state index in [-0.39, 0.29) is 12.1 Å². The smallest absolute Gasteiger partial charge is 0.407 e. The van der Waals surface area contributed by atoms with Gasteiger partial charge >= 0.3 is 6.09 Å². The van der Waals surface area contributed by atoms with Crippen molar-refractivity contribution in [3.63, 3.8) is 0 Å². The van der Waals surface area contributed by atoms with Crippen molar-refractivity contribution in [1.29, 1.82) is 5.26 Å². The number of amides is 1. The van der Waals surface area contributed by atoms with Crippen LogP contribution in [0.25, 0.3) is 11.3 Å². The molecular weight excluding hydrogens is 273 g/mol. The van der Waals surface area contributed by atoms with Crippen molar-refractivity contribution in [2.75, 3.05) is 7.05 Å². The van der Waals surface area contributed by atoms with Crippen LogP contribution in [-0.2, 0) is 6.54 Å². The molecule has 0 bridgehead atoms. The highest BCUT2D eigenvalue weighted by atomic mass is 19.1. The van der Waals surface area contributed by atoms with E-state index in [1.54, 1.807) is 30.5 Å². The molecule has 0 aliphatic carbocycles. The molecule has 0 aliphatic heterocycles. The highest BCUT2D eigenvalue weighted by molar-refractivity contribution is 5.64. The van der Waals surface area contributed by atoms with Crippen molar-refractivity contribution in [2.45, 2.75) is 6.54 Å². The van der Waals surface area contributed by atoms with E-state index in [4.69, 9.17) is 10.4 Å². The summed E-state index contributed by atoms with van der Waals surface area (Å²) in [5, 5.41) is 17.5. The number of carboxylic acid groups (broad SMARTS) is 1. The molecule has 1 heterocycles. The SMILES string of the molecule is CN(Cc1ccc(-c2ccc(C#N)c(F)c2)nc1)C(=O)O. The Balaban J connectivity index is 2.21. The molecule has 0 saturated carbocycles. The molecule has 1 aromatic carbocycles. The van der Waals surface area contributed by atoms with Gasteiger partial charge in [0.25, 0.3) is 0 Å². The van der Waals surface area contributed by atoms with Gasteiger partial charge in [0.05, 0.1) is 17.8 Å². The fraction of sp³-hybridized carbons (Fsp3) is 0.133. The maximum atomic E-state index is 13.6. The molecule has 0 aliphatic rings. The molecule has 1 N–H and O–H groups in total. The van der Waals surface area contributed by atoms with Crippen molar-refractivity contribution in [1.82, 2.24) is 9.88 Å². The van der Waals surface area contributed by atoms with Crippen LogP contribution in [-0.4, -0.2) is 28.1 Å². The van der Waals surface area contributed by atoms with Crippen LogP contribution in [0.15, 0.2) is 36.5 Å². The monoisotopic (exact) mass is 285 g/mol. The normalized spacial score (nSPS) is 9.95. The Hall–Kier alpha value is -2.94. The molecule has 106 valence electrons. The second-order valence-corrected chi connectivity index (χ2v) is 4.50. The Morgan fingerprint density at radius 2 is 2.19 bits per heavy atom. The van der Waals surface area contributed by atoms with Crippen molar-refractivity contribution in [3.05, 3.63) is 53.5 Å². The Morgan fingerprint density at radius 1 is 1.43 bits per heavy atom. The van der Waals surface area contributed by atoms with Crippen molar-refractivity contribution >= 4 is 6.09 Å². The van der Waals surface area contributed by atoms with Crippen molar-refractivity contribution in [3.8, 4) is 17.3 Å². The van der Waals surface area contributed by atoms with E-state index in [0.29, 0.717) is 11.3 Å². The van der Waals surface area contributed by atoms with Gasteiger partial charge in [-0.15, -0.1) is 0 Å². The molecule has 2 aromatic rings. The Kier molecular flexibility index (Phi) is 4.14. The van der Waals surface area contributed by atoms with Gasteiger partial charge in [-0.05, 0) is 23.8 Å². The molecular formula is C15H12FN3O2. The average molecular weight is 285 g/mol. The third-order valence-electron chi connectivity index (χ3n) is 2.96. The number of halogens is 1. The second-order valence-electron chi connectivity index (χ2n) is 4.50. The molecule has 2 rings (SSSR count). The number of hydrogen-bond acceptors (Lipinski definition) is 3. The van der Waals surface area contributed by atoms with Gasteiger partial charge < -0.3 is 10.0 Å². The highest BCUT2D eigenvalue weighted by Crippen LogP contribution is 2.20. The number of carbonyl (C=O) groups is 1. The van der Waals surface area contributed by atoms with Crippen LogP contribution in [0.1, 0.15) is 11.1 Å². The van der Waals surface area contributed by atoms with Crippen LogP contribution in [0.3, 0.4) is 0 Å². The summed E-state index contributed by atoms with van der Waals surface area (Å²) in [5.74, 6) is -0.591. The Bertz CT molecular complexity index is 708. The molecule has 0 fully saturated rings. The minimum absolute atomic E-state index is 0.0153. The van der Waals surface area contributed by atoms with E-state index < -0.39 is 11.9 Å². The first kappa shape index (κ1) is 14.5. The van der Waals surface area contributed by atoms with Crippen LogP contribution >= 0.6 is 0 Å². The maximum Gasteiger partial charge on any atom is 0.407 e. The van der Waals surface area contributed by atoms with Gasteiger partial charge in [-0.3, -0.25) is 4.98 Å². The first-order chi connectivity index (χ1) is 10.0. The highest BCUT2D eigenvalue weighted by Gasteiger charge is 2.08. The van der Waals surface area contributed by atoms with Crippen LogP contribution in [0.5, 0.6) is 0 Å². The first-order valence-electron chi connectivity index (χ1n) is 6.10. The maximum absolute atomic E-state index is 13.6. The van der Waals surface area contributed by atoms with Gasteiger partial charge in [0.15, 0.2) is 0 Å². The third-order valence-corrected chi connectivity index (χ3v) is 2.96. The van der Waals surface area contributed by atoms with Gasteiger partial charge in [-0.1, -0.05) is 12.1 Å². The lowest BCUT2D eigenvalue weighted by Gasteiger charge is -2.12. The lowest BCUT2D eigenvalue weighted by molar-refractivity contribution is 0.153. The summed E-state index contributed by atoms with van der Waals surface area (Å²) in [6, 6.07) is 9.45. The number of nitriles is 1. The largest absolute Gasteiger partial charge is 0.465 e. The molecule has 0 saturated heterocycles. The zero-order valence-corrected chi connectivity index (χ0v) is 11.2. The Morgan fingerprint density at radius 3 is 2.71 bits per heavy atom. The van der Waals surface area contributed by atoms with E-state index >= 15 is 0 Å². The third kappa shape index (κ3) is 3.34. The van der Waals surface area contributed by atoms with E-state index in [1.165, 1.54) is 19.2 Å². The minimum atomic E-state index is -1.02. The summed E-state index contributed by atoms with van der Waals surface area (Å²) < 4.78 is 13.6. The standard InChI is InChI=1S/C15H12FN3O2/c1-19(15(20)21)9-10-2-5-14(18-8-10)11-3-4-12(7-17)13(16)6-11/h2-6,8H,9H2,1H3,(H,20,21). The van der Waals surface area contributed by atoms with Gasteiger partial charge in [0.2, 0.25) is 0 Å². The Labute approximate surface area is 120 Å². The van der Waals surface area contributed by atoms with Crippen molar-refractivity contribution < 1.29 is 14.3 Å². The molecule has 0 unspecified atom stereocenters. The summed E-state index contributed by atoms with van der Waals surface area (Å²) in [7, 11) is 1.46. The molecule has 0 radical (unpaired) electrons. The summed E-state index contributed by atoms with van der Waals surface area (Å²) in [5.41, 5.74) is 1.83. The number of nitrogens with zero attached hydrogens (tertiary/aromatic N) is 3. The summed E-state index contributed by atoms with van der Waals surface area (Å²) in [6.45, 7) is 0.227. The predicted octanol–water partition coefficient (Wildman–Crippen LogP) is 2.87. The lowest BCUT2D eigenvalue weighted by Crippen LogP contribution is -2.23. The van der Waals surface area contributed by atoms with Crippen LogP contribution < -0.4 is 0 Å². The molecule has 21 heavy (non-hydrogen) atoms. The van der Waals surface area contributed by atoms with Crippen LogP contribution in [0.4, 0.5) is 9.18 Å². The molecule has 1 amide bonds. The molecule has 0 spiro atoms. The number of aromatic nitrogens is 1. The van der Waals surface area contributed by atoms with Crippen molar-refractivity contribution in [2.24, 2.45) is 0 Å². The summed E-state index contributed by atoms with van der Waals surface area (Å²) in [6.07, 6.45) is 0.526. The van der Waals surface area contributed by atoms with E-state index in [0.717, 1.165) is 10.5 Å². The number of rotatable bonds is 3. The second kappa shape index (κ2) is 6.01. The van der Waals surface area contributed by atoms with Crippen LogP contribution in [0, 0.1) is 17.1 Å². The predicted molar refractivity (Wildman–Crippen MR) is 73.8 cm³/mol. The van der Waals surface area contributed by atoms with Gasteiger partial charge in [-0.25, -0.2) is 9.18 Å². The van der Waals surface area contributed by atoms with Crippen LogP contribution in [0.2, 0.25) is 0 Å². The zero-order chi connectivity index (χ0) is 15.4. The molecule has 1 aromatic heterocycles. The van der Waals surface area contributed by atoms with E-state index in [1.807, 2.05) is 0 Å². The van der Waals surface area contributed by atoms with Gasteiger partial charge in [-0.2, -0.15) is 5.26 Å². The summed E-state index contributed by atoms with van der Waals surface area (Å²) in [4.78, 5) is 16.1. The fourth-order valence-corrected chi connectivity index (χ4v) is 1.80. The summed E-state index contributed by atoms with van der Waals surface area (Å²) >= 11 is 0. The lowest BCUT2D eigenvalue weighted by atomic mass is 10.1. The molecule has 0 atom stereocenters. The van der Waals surface area contributed by atoms with Gasteiger partial charge in [0.1, 0.15) is 11.9 Å². The first-order valence-corrected chi connectivity index (χ1v) is 6.10. The van der Waals surface area contributed by atoms with E-state index in [2.05, 4.69) is 4.98 Å². The minimum Gasteiger partial charge on any atom is -0.465 e. The zero-order valence-electron chi connectivity index (χ0n) is 11.2. The topological polar surface area (TPSA) is 77.2 Å². The fourth-order valence-electron chi connectivity index (χ4n) is 1.80. The molecule has 5 nitrogen and oxygen atoms in total. The van der Waals surface area contributed by atoms with Gasteiger partial charge in [0, 0.05) is 18.8 Å².